The fraction of sp³-hybridized carbons (Fsp3) is 0.450. The zero-order valence-electron chi connectivity index (χ0n) is 14.6. The zero-order valence-corrected chi connectivity index (χ0v) is 14.6. The molecule has 0 amide bonds. The lowest BCUT2D eigenvalue weighted by atomic mass is 9.88. The number of hydrogen-bond donors (Lipinski definition) is 0. The molecule has 0 saturated heterocycles. The first-order valence-electron chi connectivity index (χ1n) is 8.09. The van der Waals surface area contributed by atoms with Crippen LogP contribution in [0.3, 0.4) is 0 Å². The molecule has 0 heterocycles. The number of carbonyl (C=O) groups excluding carboxylic acids is 1. The van der Waals surface area contributed by atoms with Crippen molar-refractivity contribution in [2.24, 2.45) is 11.8 Å². The average Bonchev–Trinajstić information content (AvgIpc) is 2.59. The molecule has 1 aromatic rings. The predicted octanol–water partition coefficient (Wildman–Crippen LogP) is 4.57. The van der Waals surface area contributed by atoms with Crippen molar-refractivity contribution in [3.05, 3.63) is 54.6 Å². The van der Waals surface area contributed by atoms with Crippen LogP contribution in [-0.2, 0) is 16.1 Å². The van der Waals surface area contributed by atoms with Gasteiger partial charge in [-0.2, -0.15) is 0 Å². The van der Waals surface area contributed by atoms with Gasteiger partial charge in [0.05, 0.1) is 19.8 Å². The van der Waals surface area contributed by atoms with Crippen LogP contribution in [0.1, 0.15) is 32.8 Å². The van der Waals surface area contributed by atoms with Gasteiger partial charge in [-0.15, -0.1) is 0 Å². The Labute approximate surface area is 140 Å². The van der Waals surface area contributed by atoms with Crippen LogP contribution in [0.4, 0.5) is 0 Å². The van der Waals surface area contributed by atoms with E-state index in [0.29, 0.717) is 13.0 Å². The summed E-state index contributed by atoms with van der Waals surface area (Å²) in [6.07, 6.45) is 6.05. The van der Waals surface area contributed by atoms with Gasteiger partial charge < -0.3 is 9.47 Å². The Morgan fingerprint density at radius 1 is 1.26 bits per heavy atom. The van der Waals surface area contributed by atoms with Gasteiger partial charge in [-0.05, 0) is 17.7 Å². The summed E-state index contributed by atoms with van der Waals surface area (Å²) in [5, 5.41) is 0. The van der Waals surface area contributed by atoms with Crippen LogP contribution in [0.25, 0.3) is 0 Å². The van der Waals surface area contributed by atoms with Gasteiger partial charge >= 0.3 is 0 Å². The van der Waals surface area contributed by atoms with Gasteiger partial charge in [-0.3, -0.25) is 4.79 Å². The highest BCUT2D eigenvalue weighted by atomic mass is 16.5. The molecule has 0 bridgehead atoms. The normalized spacial score (nSPS) is 15.1. The highest BCUT2D eigenvalue weighted by Gasteiger charge is 2.27. The minimum atomic E-state index is -0.152. The van der Waals surface area contributed by atoms with Gasteiger partial charge in [0.25, 0.3) is 0 Å². The number of hydrogen-bond acceptors (Lipinski definition) is 3. The molecule has 1 rings (SSSR count). The molecule has 0 aromatic heterocycles. The highest BCUT2D eigenvalue weighted by molar-refractivity contribution is 5.80. The number of benzene rings is 1. The molecule has 0 N–H and O–H groups in total. The second-order valence-corrected chi connectivity index (χ2v) is 5.71. The van der Waals surface area contributed by atoms with E-state index in [1.165, 1.54) is 0 Å². The van der Waals surface area contributed by atoms with Crippen LogP contribution >= 0.6 is 0 Å². The first-order valence-corrected chi connectivity index (χ1v) is 8.09. The molecule has 1 aromatic carbocycles. The largest absolute Gasteiger partial charge is 0.497 e. The SMILES string of the molecule is C=C/C=C\[C@@H](C)[C@@H](OCc1ccc(OC)cc1)[C@H](C)C(=O)CC. The second kappa shape index (κ2) is 10.0. The zero-order chi connectivity index (χ0) is 17.2. The molecule has 0 unspecified atom stereocenters. The average molecular weight is 316 g/mol. The van der Waals surface area contributed by atoms with Crippen LogP contribution in [-0.4, -0.2) is 19.0 Å². The molecular weight excluding hydrogens is 288 g/mol. The van der Waals surface area contributed by atoms with E-state index in [0.717, 1.165) is 11.3 Å². The lowest BCUT2D eigenvalue weighted by molar-refractivity contribution is -0.129. The maximum atomic E-state index is 12.1. The van der Waals surface area contributed by atoms with Gasteiger partial charge in [0.1, 0.15) is 11.5 Å². The third-order valence-corrected chi connectivity index (χ3v) is 4.02. The summed E-state index contributed by atoms with van der Waals surface area (Å²) < 4.78 is 11.3. The molecule has 3 atom stereocenters. The van der Waals surface area contributed by atoms with E-state index in [1.807, 2.05) is 50.3 Å². The Balaban J connectivity index is 2.80. The molecule has 3 nitrogen and oxygen atoms in total. The van der Waals surface area contributed by atoms with E-state index in [-0.39, 0.29) is 23.7 Å². The maximum absolute atomic E-state index is 12.1. The molecule has 0 radical (unpaired) electrons. The third kappa shape index (κ3) is 6.03. The Kier molecular flexibility index (Phi) is 8.35. The molecule has 0 saturated carbocycles. The third-order valence-electron chi connectivity index (χ3n) is 4.02. The van der Waals surface area contributed by atoms with Crippen molar-refractivity contribution in [2.45, 2.75) is 39.9 Å². The minimum absolute atomic E-state index is 0.136. The Morgan fingerprint density at radius 3 is 2.43 bits per heavy atom. The van der Waals surface area contributed by atoms with Crippen LogP contribution in [0.2, 0.25) is 0 Å². The molecule has 3 heteroatoms. The van der Waals surface area contributed by atoms with Crippen LogP contribution < -0.4 is 4.74 Å². The number of Topliss-reactive ketones (excluding diaryl/α,β-unsaturated/α-hetero) is 1. The number of allylic oxidation sites excluding steroid dienone is 2. The van der Waals surface area contributed by atoms with Crippen LogP contribution in [0.15, 0.2) is 49.1 Å². The van der Waals surface area contributed by atoms with E-state index in [4.69, 9.17) is 9.47 Å². The molecule has 0 spiro atoms. The van der Waals surface area contributed by atoms with Gasteiger partial charge in [0.15, 0.2) is 0 Å². The van der Waals surface area contributed by atoms with Gasteiger partial charge in [-0.1, -0.05) is 57.7 Å². The van der Waals surface area contributed by atoms with Crippen molar-refractivity contribution in [1.82, 2.24) is 0 Å². The monoisotopic (exact) mass is 316 g/mol. The summed E-state index contributed by atoms with van der Waals surface area (Å²) >= 11 is 0. The fourth-order valence-corrected chi connectivity index (χ4v) is 2.53. The smallest absolute Gasteiger partial charge is 0.138 e. The molecule has 0 aliphatic heterocycles. The summed E-state index contributed by atoms with van der Waals surface area (Å²) in [7, 11) is 1.65. The second-order valence-electron chi connectivity index (χ2n) is 5.71. The van der Waals surface area contributed by atoms with Crippen molar-refractivity contribution < 1.29 is 14.3 Å². The van der Waals surface area contributed by atoms with E-state index in [1.54, 1.807) is 13.2 Å². The van der Waals surface area contributed by atoms with Gasteiger partial charge in [0.2, 0.25) is 0 Å². The minimum Gasteiger partial charge on any atom is -0.497 e. The number of ketones is 1. The van der Waals surface area contributed by atoms with Crippen molar-refractivity contribution in [1.29, 1.82) is 0 Å². The van der Waals surface area contributed by atoms with Crippen molar-refractivity contribution in [3.63, 3.8) is 0 Å². The number of rotatable bonds is 10. The van der Waals surface area contributed by atoms with Crippen molar-refractivity contribution in [3.8, 4) is 5.75 Å². The predicted molar refractivity (Wildman–Crippen MR) is 94.5 cm³/mol. The van der Waals surface area contributed by atoms with Crippen molar-refractivity contribution in [2.75, 3.05) is 7.11 Å². The Bertz CT molecular complexity index is 516. The quantitative estimate of drug-likeness (QED) is 0.593. The van der Waals surface area contributed by atoms with Gasteiger partial charge in [0, 0.05) is 18.3 Å². The highest BCUT2D eigenvalue weighted by Crippen LogP contribution is 2.22. The number of carbonyl (C=O) groups is 1. The molecule has 0 fully saturated rings. The Hall–Kier alpha value is -1.87. The Morgan fingerprint density at radius 2 is 1.91 bits per heavy atom. The summed E-state index contributed by atoms with van der Waals surface area (Å²) in [6.45, 7) is 10.1. The summed E-state index contributed by atoms with van der Waals surface area (Å²) in [5.74, 6) is 1.05. The topological polar surface area (TPSA) is 35.5 Å². The maximum Gasteiger partial charge on any atom is 0.138 e. The molecule has 126 valence electrons. The first-order chi connectivity index (χ1) is 11.0. The van der Waals surface area contributed by atoms with E-state index < -0.39 is 0 Å². The van der Waals surface area contributed by atoms with E-state index >= 15 is 0 Å². The van der Waals surface area contributed by atoms with E-state index in [2.05, 4.69) is 13.5 Å². The summed E-state index contributed by atoms with van der Waals surface area (Å²) in [4.78, 5) is 12.1. The fourth-order valence-electron chi connectivity index (χ4n) is 2.53. The molecule has 0 aliphatic carbocycles. The molecular formula is C20H28O3. The van der Waals surface area contributed by atoms with Crippen molar-refractivity contribution >= 4 is 5.78 Å². The standard InChI is InChI=1S/C20H28O3/c1-6-8-9-15(3)20(16(4)19(21)7-2)23-14-17-10-12-18(22-5)13-11-17/h6,8-13,15-16,20H,1,7,14H2,2-5H3/b9-8-/t15-,16-,20-/m1/s1. The van der Waals surface area contributed by atoms with Gasteiger partial charge in [-0.25, -0.2) is 0 Å². The lowest BCUT2D eigenvalue weighted by Gasteiger charge is -2.27. The summed E-state index contributed by atoms with van der Waals surface area (Å²) in [6, 6.07) is 7.78. The lowest BCUT2D eigenvalue weighted by Crippen LogP contribution is -2.33. The van der Waals surface area contributed by atoms with Crippen LogP contribution in [0.5, 0.6) is 5.75 Å². The summed E-state index contributed by atoms with van der Waals surface area (Å²) in [5.41, 5.74) is 1.06. The molecule has 0 aliphatic rings. The van der Waals surface area contributed by atoms with E-state index in [9.17, 15) is 4.79 Å². The first kappa shape index (κ1) is 19.2. The number of ether oxygens (including phenoxy) is 2. The molecule has 23 heavy (non-hydrogen) atoms. The van der Waals surface area contributed by atoms with Crippen LogP contribution in [0, 0.1) is 11.8 Å². The number of methoxy groups -OCH3 is 1.